The normalized spacial score (nSPS) is 12.7. The molecule has 9 heteroatoms. The van der Waals surface area contributed by atoms with Crippen LogP contribution < -0.4 is 10.0 Å². The number of nitrogens with one attached hydrogen (secondary N) is 2. The van der Waals surface area contributed by atoms with Gasteiger partial charge in [0.25, 0.3) is 0 Å². The zero-order chi connectivity index (χ0) is 22.8. The molecule has 1 atom stereocenters. The van der Waals surface area contributed by atoms with Crippen LogP contribution in [0, 0.1) is 26.7 Å². The smallest absolute Gasteiger partial charge is 0.244 e. The van der Waals surface area contributed by atoms with Crippen molar-refractivity contribution in [3.05, 3.63) is 59.2 Å². The number of aryl methyl sites for hydroxylation is 3. The maximum absolute atomic E-state index is 13.1. The number of carbonyl (C=O) groups excluding carboxylic acids is 1. The van der Waals surface area contributed by atoms with Gasteiger partial charge in [0.1, 0.15) is 11.0 Å². The molecule has 0 radical (unpaired) electrons. The van der Waals surface area contributed by atoms with Crippen molar-refractivity contribution in [2.45, 2.75) is 45.6 Å². The number of nitrogens with zero attached hydrogens (tertiary/aromatic N) is 2. The fourth-order valence-electron chi connectivity index (χ4n) is 3.46. The highest BCUT2D eigenvalue weighted by Gasteiger charge is 2.30. The molecule has 0 spiro atoms. The highest BCUT2D eigenvalue weighted by molar-refractivity contribution is 7.89. The van der Waals surface area contributed by atoms with Crippen LogP contribution in [0.5, 0.6) is 0 Å². The summed E-state index contributed by atoms with van der Waals surface area (Å²) in [6.45, 7) is 9.00. The molecule has 1 heterocycles. The monoisotopic (exact) mass is 458 g/mol. The van der Waals surface area contributed by atoms with E-state index in [1.165, 1.54) is 11.3 Å². The second-order valence-electron chi connectivity index (χ2n) is 7.84. The Morgan fingerprint density at radius 3 is 2.19 bits per heavy atom. The third-order valence-electron chi connectivity index (χ3n) is 4.78. The van der Waals surface area contributed by atoms with Crippen LogP contribution in [-0.2, 0) is 14.8 Å². The van der Waals surface area contributed by atoms with Crippen molar-refractivity contribution in [2.24, 2.45) is 5.92 Å². The molecule has 0 fully saturated rings. The minimum Gasteiger partial charge on any atom is -0.299 e. The highest BCUT2D eigenvalue weighted by atomic mass is 32.2. The Bertz CT molecular complexity index is 1170. The van der Waals surface area contributed by atoms with E-state index in [0.717, 1.165) is 11.1 Å². The van der Waals surface area contributed by atoms with Gasteiger partial charge in [-0.1, -0.05) is 73.2 Å². The predicted molar refractivity (Wildman–Crippen MR) is 124 cm³/mol. The molecule has 0 aliphatic heterocycles. The fraction of sp³-hybridized carbons (Fsp3) is 0.318. The quantitative estimate of drug-likeness (QED) is 0.556. The van der Waals surface area contributed by atoms with Crippen LogP contribution in [0.2, 0.25) is 0 Å². The van der Waals surface area contributed by atoms with Gasteiger partial charge in [0.05, 0.1) is 4.90 Å². The second-order valence-corrected chi connectivity index (χ2v) is 10.5. The Kier molecular flexibility index (Phi) is 6.88. The predicted octanol–water partition coefficient (Wildman–Crippen LogP) is 4.07. The highest BCUT2D eigenvalue weighted by Crippen LogP contribution is 2.27. The van der Waals surface area contributed by atoms with Crippen LogP contribution in [0.4, 0.5) is 5.13 Å². The molecule has 164 valence electrons. The summed E-state index contributed by atoms with van der Waals surface area (Å²) in [5, 5.41) is 11.8. The van der Waals surface area contributed by atoms with Crippen LogP contribution >= 0.6 is 11.3 Å². The molecule has 1 aromatic heterocycles. The molecule has 0 saturated carbocycles. The molecule has 3 aromatic rings. The van der Waals surface area contributed by atoms with E-state index in [-0.39, 0.29) is 10.8 Å². The number of benzene rings is 2. The van der Waals surface area contributed by atoms with Crippen molar-refractivity contribution in [3.8, 4) is 10.6 Å². The van der Waals surface area contributed by atoms with Crippen molar-refractivity contribution in [3.63, 3.8) is 0 Å². The molecule has 0 saturated heterocycles. The zero-order valence-electron chi connectivity index (χ0n) is 18.1. The molecule has 2 N–H and O–H groups in total. The van der Waals surface area contributed by atoms with Crippen LogP contribution in [0.25, 0.3) is 10.6 Å². The first kappa shape index (κ1) is 23.1. The third-order valence-corrected chi connectivity index (χ3v) is 7.41. The molecule has 0 aliphatic rings. The molecule has 7 nitrogen and oxygen atoms in total. The second kappa shape index (κ2) is 9.25. The van der Waals surface area contributed by atoms with Gasteiger partial charge in [-0.25, -0.2) is 8.42 Å². The Balaban J connectivity index is 1.81. The van der Waals surface area contributed by atoms with E-state index in [4.69, 9.17) is 0 Å². The van der Waals surface area contributed by atoms with Crippen molar-refractivity contribution in [1.82, 2.24) is 14.9 Å². The number of carbonyl (C=O) groups is 1. The van der Waals surface area contributed by atoms with Crippen molar-refractivity contribution < 1.29 is 13.2 Å². The lowest BCUT2D eigenvalue weighted by molar-refractivity contribution is -0.118. The van der Waals surface area contributed by atoms with Gasteiger partial charge in [-0.2, -0.15) is 4.72 Å². The Labute approximate surface area is 187 Å². The van der Waals surface area contributed by atoms with Gasteiger partial charge in [0.15, 0.2) is 0 Å². The van der Waals surface area contributed by atoms with Gasteiger partial charge >= 0.3 is 0 Å². The van der Waals surface area contributed by atoms with E-state index < -0.39 is 22.0 Å². The SMILES string of the molecule is Cc1cc(C)c(S(=O)(=O)N[C@H](C(=O)Nc2nnc(-c3ccccc3)s2)C(C)C)c(C)c1. The summed E-state index contributed by atoms with van der Waals surface area (Å²) >= 11 is 1.23. The van der Waals surface area contributed by atoms with Crippen LogP contribution in [-0.4, -0.2) is 30.6 Å². The van der Waals surface area contributed by atoms with E-state index in [1.54, 1.807) is 27.7 Å². The molecular weight excluding hydrogens is 432 g/mol. The van der Waals surface area contributed by atoms with Crippen molar-refractivity contribution in [1.29, 1.82) is 0 Å². The number of hydrogen-bond acceptors (Lipinski definition) is 6. The van der Waals surface area contributed by atoms with Gasteiger partial charge in [-0.3, -0.25) is 10.1 Å². The lowest BCUT2D eigenvalue weighted by Crippen LogP contribution is -2.47. The van der Waals surface area contributed by atoms with E-state index in [1.807, 2.05) is 49.4 Å². The summed E-state index contributed by atoms with van der Waals surface area (Å²) in [7, 11) is -3.90. The number of anilines is 1. The first-order chi connectivity index (χ1) is 14.6. The lowest BCUT2D eigenvalue weighted by atomic mass is 10.1. The Morgan fingerprint density at radius 1 is 1.00 bits per heavy atom. The number of sulfonamides is 1. The molecule has 0 unspecified atom stereocenters. The summed E-state index contributed by atoms with van der Waals surface area (Å²) in [4.78, 5) is 13.1. The van der Waals surface area contributed by atoms with Crippen LogP contribution in [0.1, 0.15) is 30.5 Å². The number of hydrogen-bond donors (Lipinski definition) is 2. The number of aromatic nitrogens is 2. The maximum atomic E-state index is 13.1. The van der Waals surface area contributed by atoms with Crippen LogP contribution in [0.3, 0.4) is 0 Å². The first-order valence-corrected chi connectivity index (χ1v) is 12.2. The summed E-state index contributed by atoms with van der Waals surface area (Å²) in [6, 6.07) is 12.2. The summed E-state index contributed by atoms with van der Waals surface area (Å²) < 4.78 is 28.8. The third kappa shape index (κ3) is 5.36. The summed E-state index contributed by atoms with van der Waals surface area (Å²) in [6.07, 6.45) is 0. The largest absolute Gasteiger partial charge is 0.299 e. The zero-order valence-corrected chi connectivity index (χ0v) is 19.8. The maximum Gasteiger partial charge on any atom is 0.244 e. The summed E-state index contributed by atoms with van der Waals surface area (Å²) in [5.41, 5.74) is 3.17. The average molecular weight is 459 g/mol. The molecule has 0 aliphatic carbocycles. The minimum atomic E-state index is -3.90. The fourth-order valence-corrected chi connectivity index (χ4v) is 6.01. The van der Waals surface area contributed by atoms with E-state index in [0.29, 0.717) is 21.3 Å². The molecule has 31 heavy (non-hydrogen) atoms. The topological polar surface area (TPSA) is 101 Å². The van der Waals surface area contributed by atoms with E-state index in [9.17, 15) is 13.2 Å². The average Bonchev–Trinajstić information content (AvgIpc) is 3.14. The standard InChI is InChI=1S/C22H26N4O3S2/c1-13(2)18(26-31(28,29)19-15(4)11-14(3)12-16(19)5)20(27)23-22-25-24-21(30-22)17-9-7-6-8-10-17/h6-13,18,26H,1-5H3,(H,23,25,27)/t18-/m0/s1. The first-order valence-electron chi connectivity index (χ1n) is 9.88. The van der Waals surface area contributed by atoms with Crippen LogP contribution in [0.15, 0.2) is 47.4 Å². The molecule has 1 amide bonds. The molecule has 2 aromatic carbocycles. The summed E-state index contributed by atoms with van der Waals surface area (Å²) in [5.74, 6) is -0.751. The Hall–Kier alpha value is -2.62. The van der Waals surface area contributed by atoms with Gasteiger partial charge in [0, 0.05) is 5.56 Å². The minimum absolute atomic E-state index is 0.207. The molecule has 3 rings (SSSR count). The number of amides is 1. The lowest BCUT2D eigenvalue weighted by Gasteiger charge is -2.22. The van der Waals surface area contributed by atoms with Crippen molar-refractivity contribution in [2.75, 3.05) is 5.32 Å². The van der Waals surface area contributed by atoms with Gasteiger partial charge in [-0.15, -0.1) is 10.2 Å². The van der Waals surface area contributed by atoms with E-state index >= 15 is 0 Å². The van der Waals surface area contributed by atoms with Gasteiger partial charge in [0.2, 0.25) is 21.1 Å². The Morgan fingerprint density at radius 2 is 1.61 bits per heavy atom. The van der Waals surface area contributed by atoms with Crippen molar-refractivity contribution >= 4 is 32.4 Å². The van der Waals surface area contributed by atoms with Gasteiger partial charge < -0.3 is 0 Å². The van der Waals surface area contributed by atoms with Gasteiger partial charge in [-0.05, 0) is 37.8 Å². The van der Waals surface area contributed by atoms with E-state index in [2.05, 4.69) is 20.2 Å². The number of rotatable bonds is 7. The molecular formula is C22H26N4O3S2. The molecule has 0 bridgehead atoms.